The van der Waals surface area contributed by atoms with Gasteiger partial charge in [-0.15, -0.1) is 0 Å². The van der Waals surface area contributed by atoms with Gasteiger partial charge < -0.3 is 4.90 Å². The van der Waals surface area contributed by atoms with E-state index in [4.69, 9.17) is 0 Å². The second-order valence-corrected chi connectivity index (χ2v) is 5.03. The van der Waals surface area contributed by atoms with Gasteiger partial charge in [0.1, 0.15) is 0 Å². The molecule has 0 atom stereocenters. The number of halogens is 3. The first-order valence-corrected chi connectivity index (χ1v) is 6.30. The smallest absolute Gasteiger partial charge is 0.302 e. The van der Waals surface area contributed by atoms with Crippen LogP contribution in [0, 0.1) is 6.92 Å². The molecule has 0 saturated carbocycles. The fourth-order valence-electron chi connectivity index (χ4n) is 2.15. The Hall–Kier alpha value is -1.63. The average molecular weight is 286 g/mol. The highest BCUT2D eigenvalue weighted by Gasteiger charge is 2.27. The van der Waals surface area contributed by atoms with Crippen LogP contribution in [-0.4, -0.2) is 39.4 Å². The van der Waals surface area contributed by atoms with Crippen LogP contribution in [0.25, 0.3) is 11.0 Å². The first-order valence-electron chi connectivity index (χ1n) is 6.30. The summed E-state index contributed by atoms with van der Waals surface area (Å²) >= 11 is 0. The topological polar surface area (TPSA) is 34.0 Å². The van der Waals surface area contributed by atoms with Gasteiger partial charge in [-0.1, -0.05) is 0 Å². The fraction of sp³-hybridized carbons (Fsp3) is 0.538. The summed E-state index contributed by atoms with van der Waals surface area (Å²) in [6, 6.07) is 1.94. The third-order valence-electron chi connectivity index (χ3n) is 3.15. The van der Waals surface area contributed by atoms with Crippen molar-refractivity contribution in [1.29, 1.82) is 0 Å². The molecule has 0 N–H and O–H groups in total. The Morgan fingerprint density at radius 2 is 2.05 bits per heavy atom. The standard InChI is InChI=1S/C13H17F3N4/c1-9-11-6-10(7-17-12(11)20(3)18-9)8-19(2)5-4-13(14,15)16/h6-7H,4-5,8H2,1-3H3. The van der Waals surface area contributed by atoms with Gasteiger partial charge in [0, 0.05) is 31.7 Å². The van der Waals surface area contributed by atoms with E-state index in [2.05, 4.69) is 10.1 Å². The van der Waals surface area contributed by atoms with Gasteiger partial charge in [0.05, 0.1) is 12.1 Å². The number of pyridine rings is 1. The maximum absolute atomic E-state index is 12.2. The van der Waals surface area contributed by atoms with E-state index in [9.17, 15) is 13.2 Å². The summed E-state index contributed by atoms with van der Waals surface area (Å²) in [6.07, 6.45) is -3.23. The predicted octanol–water partition coefficient (Wildman–Crippen LogP) is 2.66. The molecular weight excluding hydrogens is 269 g/mol. The molecule has 7 heteroatoms. The Labute approximate surface area is 115 Å². The molecule has 2 heterocycles. The highest BCUT2D eigenvalue weighted by atomic mass is 19.4. The molecule has 0 aromatic carbocycles. The van der Waals surface area contributed by atoms with Crippen LogP contribution >= 0.6 is 0 Å². The molecule has 0 radical (unpaired) electrons. The molecule has 4 nitrogen and oxygen atoms in total. The van der Waals surface area contributed by atoms with Crippen molar-refractivity contribution in [1.82, 2.24) is 19.7 Å². The lowest BCUT2D eigenvalue weighted by Crippen LogP contribution is -2.24. The zero-order chi connectivity index (χ0) is 14.9. The molecular formula is C13H17F3N4. The molecule has 110 valence electrons. The van der Waals surface area contributed by atoms with Crippen molar-refractivity contribution in [3.63, 3.8) is 0 Å². The SMILES string of the molecule is Cc1nn(C)c2ncc(CN(C)CCC(F)(F)F)cc12. The van der Waals surface area contributed by atoms with Crippen LogP contribution in [0.5, 0.6) is 0 Å². The first kappa shape index (κ1) is 14.8. The van der Waals surface area contributed by atoms with Gasteiger partial charge in [0.25, 0.3) is 0 Å². The highest BCUT2D eigenvalue weighted by molar-refractivity contribution is 5.78. The Bertz CT molecular complexity index is 603. The van der Waals surface area contributed by atoms with Crippen molar-refractivity contribution in [3.05, 3.63) is 23.5 Å². The number of hydrogen-bond acceptors (Lipinski definition) is 3. The van der Waals surface area contributed by atoms with Crippen LogP contribution in [0.15, 0.2) is 12.3 Å². The van der Waals surface area contributed by atoms with Gasteiger partial charge in [0.2, 0.25) is 0 Å². The Morgan fingerprint density at radius 3 is 2.70 bits per heavy atom. The van der Waals surface area contributed by atoms with Gasteiger partial charge >= 0.3 is 6.18 Å². The summed E-state index contributed by atoms with van der Waals surface area (Å²) < 4.78 is 38.2. The van der Waals surface area contributed by atoms with E-state index in [0.717, 1.165) is 22.3 Å². The molecule has 0 aliphatic carbocycles. The van der Waals surface area contributed by atoms with Gasteiger partial charge in [0.15, 0.2) is 5.65 Å². The molecule has 0 aliphatic heterocycles. The minimum Gasteiger partial charge on any atom is -0.302 e. The number of aromatic nitrogens is 3. The van der Waals surface area contributed by atoms with Crippen molar-refractivity contribution in [3.8, 4) is 0 Å². The second-order valence-electron chi connectivity index (χ2n) is 5.03. The fourth-order valence-corrected chi connectivity index (χ4v) is 2.15. The summed E-state index contributed by atoms with van der Waals surface area (Å²) in [4.78, 5) is 5.96. The van der Waals surface area contributed by atoms with E-state index < -0.39 is 12.6 Å². The Morgan fingerprint density at radius 1 is 1.35 bits per heavy atom. The Kier molecular flexibility index (Phi) is 3.99. The van der Waals surface area contributed by atoms with Crippen molar-refractivity contribution in [2.24, 2.45) is 7.05 Å². The average Bonchev–Trinajstić information content (AvgIpc) is 2.62. The van der Waals surface area contributed by atoms with Gasteiger partial charge in [-0.3, -0.25) is 4.68 Å². The van der Waals surface area contributed by atoms with Crippen molar-refractivity contribution in [2.75, 3.05) is 13.6 Å². The molecule has 2 rings (SSSR count). The second kappa shape index (κ2) is 5.40. The number of alkyl halides is 3. The van der Waals surface area contributed by atoms with E-state index in [-0.39, 0.29) is 6.54 Å². The monoisotopic (exact) mass is 286 g/mol. The minimum atomic E-state index is -4.11. The lowest BCUT2D eigenvalue weighted by Gasteiger charge is -2.17. The largest absolute Gasteiger partial charge is 0.390 e. The van der Waals surface area contributed by atoms with E-state index in [1.54, 1.807) is 22.8 Å². The molecule has 2 aromatic heterocycles. The van der Waals surface area contributed by atoms with Crippen LogP contribution in [-0.2, 0) is 13.6 Å². The van der Waals surface area contributed by atoms with E-state index in [1.807, 2.05) is 20.0 Å². The maximum Gasteiger partial charge on any atom is 0.390 e. The van der Waals surface area contributed by atoms with Crippen molar-refractivity contribution in [2.45, 2.75) is 26.1 Å². The number of aryl methyl sites for hydroxylation is 2. The molecule has 0 spiro atoms. The quantitative estimate of drug-likeness (QED) is 0.866. The van der Waals surface area contributed by atoms with E-state index in [0.29, 0.717) is 6.54 Å². The normalized spacial score (nSPS) is 12.6. The van der Waals surface area contributed by atoms with Gasteiger partial charge in [-0.25, -0.2) is 4.98 Å². The first-order chi connectivity index (χ1) is 9.26. The Balaban J connectivity index is 2.08. The van der Waals surface area contributed by atoms with Crippen LogP contribution in [0.3, 0.4) is 0 Å². The number of hydrogen-bond donors (Lipinski definition) is 0. The summed E-state index contributed by atoms with van der Waals surface area (Å²) in [5, 5.41) is 5.21. The lowest BCUT2D eigenvalue weighted by atomic mass is 10.2. The minimum absolute atomic E-state index is 0.0203. The van der Waals surface area contributed by atoms with Crippen molar-refractivity contribution >= 4 is 11.0 Å². The van der Waals surface area contributed by atoms with Crippen LogP contribution in [0.4, 0.5) is 13.2 Å². The third kappa shape index (κ3) is 3.47. The molecule has 0 unspecified atom stereocenters. The predicted molar refractivity (Wildman–Crippen MR) is 70.3 cm³/mol. The lowest BCUT2D eigenvalue weighted by molar-refractivity contribution is -0.137. The van der Waals surface area contributed by atoms with Crippen LogP contribution < -0.4 is 0 Å². The number of rotatable bonds is 4. The van der Waals surface area contributed by atoms with Crippen molar-refractivity contribution < 1.29 is 13.2 Å². The third-order valence-corrected chi connectivity index (χ3v) is 3.15. The van der Waals surface area contributed by atoms with E-state index >= 15 is 0 Å². The molecule has 0 amide bonds. The van der Waals surface area contributed by atoms with Crippen LogP contribution in [0.1, 0.15) is 17.7 Å². The van der Waals surface area contributed by atoms with Gasteiger partial charge in [-0.05, 0) is 25.6 Å². The summed E-state index contributed by atoms with van der Waals surface area (Å²) in [6.45, 7) is 2.31. The molecule has 0 bridgehead atoms. The molecule has 0 fully saturated rings. The summed E-state index contributed by atoms with van der Waals surface area (Å²) in [5.41, 5.74) is 2.54. The van der Waals surface area contributed by atoms with Crippen LogP contribution in [0.2, 0.25) is 0 Å². The molecule has 20 heavy (non-hydrogen) atoms. The number of nitrogens with zero attached hydrogens (tertiary/aromatic N) is 4. The van der Waals surface area contributed by atoms with E-state index in [1.165, 1.54) is 0 Å². The summed E-state index contributed by atoms with van der Waals surface area (Å²) in [5.74, 6) is 0. The zero-order valence-corrected chi connectivity index (χ0v) is 11.7. The summed E-state index contributed by atoms with van der Waals surface area (Å²) in [7, 11) is 3.49. The molecule has 0 saturated heterocycles. The molecule has 0 aliphatic rings. The van der Waals surface area contributed by atoms with Gasteiger partial charge in [-0.2, -0.15) is 18.3 Å². The highest BCUT2D eigenvalue weighted by Crippen LogP contribution is 2.21. The molecule has 2 aromatic rings. The maximum atomic E-state index is 12.2. The zero-order valence-electron chi connectivity index (χ0n) is 11.7. The number of fused-ring (bicyclic) bond motifs is 1.